The fourth-order valence-electron chi connectivity index (χ4n) is 2.28. The largest absolute Gasteiger partial charge is 0.471 e. The summed E-state index contributed by atoms with van der Waals surface area (Å²) in [5, 5.41) is 4.18. The van der Waals surface area contributed by atoms with Crippen molar-refractivity contribution in [3.8, 4) is 0 Å². The molecular weight excluding hydrogens is 391 g/mol. The summed E-state index contributed by atoms with van der Waals surface area (Å²) < 4.78 is 42.2. The molecule has 1 fully saturated rings. The Balaban J connectivity index is 2.11. The molecule has 11 heteroatoms. The van der Waals surface area contributed by atoms with Crippen molar-refractivity contribution in [3.05, 3.63) is 23.2 Å². The second kappa shape index (κ2) is 7.73. The SMILES string of the molecule is CC(C)(NC(=O)C(F)(F)F)C(=O)Nc1ccc(N2CCOCC2=O)c(Cl)c1. The van der Waals surface area contributed by atoms with Crippen molar-refractivity contribution >= 4 is 40.7 Å². The Morgan fingerprint density at radius 2 is 1.89 bits per heavy atom. The van der Waals surface area contributed by atoms with Crippen LogP contribution in [-0.4, -0.2) is 49.2 Å². The van der Waals surface area contributed by atoms with Gasteiger partial charge in [0.25, 0.3) is 5.91 Å². The molecule has 0 radical (unpaired) electrons. The molecule has 0 saturated carbocycles. The number of ether oxygens (including phenoxy) is 1. The fraction of sp³-hybridized carbons (Fsp3) is 0.438. The standard InChI is InChI=1S/C16H17ClF3N3O4/c1-15(2,22-14(26)16(18,19)20)13(25)21-9-3-4-11(10(17)7-9)23-5-6-27-8-12(23)24/h3-4,7H,5-6,8H2,1-2H3,(H,21,25)(H,22,26). The highest BCUT2D eigenvalue weighted by atomic mass is 35.5. The number of benzene rings is 1. The summed E-state index contributed by atoms with van der Waals surface area (Å²) in [5.41, 5.74) is -1.20. The molecule has 0 atom stereocenters. The number of carbonyl (C=O) groups is 3. The second-order valence-electron chi connectivity index (χ2n) is 6.30. The molecule has 0 bridgehead atoms. The number of hydrogen-bond acceptors (Lipinski definition) is 4. The number of carbonyl (C=O) groups excluding carboxylic acids is 3. The van der Waals surface area contributed by atoms with Crippen LogP contribution < -0.4 is 15.5 Å². The van der Waals surface area contributed by atoms with Gasteiger partial charge in [-0.05, 0) is 32.0 Å². The predicted molar refractivity (Wildman–Crippen MR) is 91.5 cm³/mol. The summed E-state index contributed by atoms with van der Waals surface area (Å²) in [6.45, 7) is 2.87. The number of alkyl halides is 3. The summed E-state index contributed by atoms with van der Waals surface area (Å²) >= 11 is 6.17. The molecule has 1 aromatic carbocycles. The Morgan fingerprint density at radius 3 is 2.44 bits per heavy atom. The molecule has 0 aliphatic carbocycles. The van der Waals surface area contributed by atoms with Crippen molar-refractivity contribution in [1.29, 1.82) is 0 Å². The third kappa shape index (κ3) is 5.10. The molecule has 7 nitrogen and oxygen atoms in total. The summed E-state index contributed by atoms with van der Waals surface area (Å²) in [6, 6.07) is 4.31. The Labute approximate surface area is 157 Å². The van der Waals surface area contributed by atoms with Crippen LogP contribution in [0, 0.1) is 0 Å². The van der Waals surface area contributed by atoms with Gasteiger partial charge in [-0.15, -0.1) is 0 Å². The van der Waals surface area contributed by atoms with Crippen LogP contribution in [0.15, 0.2) is 18.2 Å². The van der Waals surface area contributed by atoms with Crippen molar-refractivity contribution in [2.45, 2.75) is 25.6 Å². The number of halogens is 4. The summed E-state index contributed by atoms with van der Waals surface area (Å²) in [5.74, 6) is -3.36. The van der Waals surface area contributed by atoms with E-state index < -0.39 is 23.5 Å². The van der Waals surface area contributed by atoms with E-state index in [2.05, 4.69) is 5.32 Å². The number of anilines is 2. The number of nitrogens with zero attached hydrogens (tertiary/aromatic N) is 1. The van der Waals surface area contributed by atoms with Gasteiger partial charge < -0.3 is 20.3 Å². The highest BCUT2D eigenvalue weighted by Gasteiger charge is 2.43. The Morgan fingerprint density at radius 1 is 1.22 bits per heavy atom. The zero-order valence-corrected chi connectivity index (χ0v) is 15.2. The zero-order chi connectivity index (χ0) is 20.4. The van der Waals surface area contributed by atoms with Crippen LogP contribution in [0.3, 0.4) is 0 Å². The van der Waals surface area contributed by atoms with E-state index in [0.29, 0.717) is 18.8 Å². The normalized spacial score (nSPS) is 15.5. The third-order valence-electron chi connectivity index (χ3n) is 3.73. The minimum Gasteiger partial charge on any atom is -0.370 e. The molecule has 1 aliphatic rings. The van der Waals surface area contributed by atoms with E-state index in [-0.39, 0.29) is 23.2 Å². The van der Waals surface area contributed by atoms with Gasteiger partial charge in [0, 0.05) is 12.2 Å². The van der Waals surface area contributed by atoms with Gasteiger partial charge in [0.2, 0.25) is 5.91 Å². The van der Waals surface area contributed by atoms with Gasteiger partial charge in [0.05, 0.1) is 17.3 Å². The van der Waals surface area contributed by atoms with Crippen LogP contribution in [0.5, 0.6) is 0 Å². The molecule has 1 aliphatic heterocycles. The summed E-state index contributed by atoms with van der Waals surface area (Å²) in [4.78, 5) is 36.6. The summed E-state index contributed by atoms with van der Waals surface area (Å²) in [7, 11) is 0. The molecule has 1 saturated heterocycles. The van der Waals surface area contributed by atoms with E-state index in [1.807, 2.05) is 0 Å². The minimum atomic E-state index is -5.10. The van der Waals surface area contributed by atoms with Crippen LogP contribution in [0.1, 0.15) is 13.8 Å². The average Bonchev–Trinajstić information content (AvgIpc) is 2.54. The van der Waals surface area contributed by atoms with Gasteiger partial charge >= 0.3 is 12.1 Å². The number of amides is 3. The number of morpholine rings is 1. The average molecular weight is 408 g/mol. The first-order valence-electron chi connectivity index (χ1n) is 7.80. The van der Waals surface area contributed by atoms with E-state index >= 15 is 0 Å². The Kier molecular flexibility index (Phi) is 6.01. The highest BCUT2D eigenvalue weighted by molar-refractivity contribution is 6.34. The van der Waals surface area contributed by atoms with E-state index in [0.717, 1.165) is 13.8 Å². The topological polar surface area (TPSA) is 87.7 Å². The van der Waals surface area contributed by atoms with Gasteiger partial charge in [-0.3, -0.25) is 14.4 Å². The van der Waals surface area contributed by atoms with Crippen molar-refractivity contribution in [1.82, 2.24) is 5.32 Å². The first-order chi connectivity index (χ1) is 12.4. The van der Waals surface area contributed by atoms with Crippen molar-refractivity contribution in [2.75, 3.05) is 30.0 Å². The molecule has 27 heavy (non-hydrogen) atoms. The molecule has 1 aromatic rings. The number of hydrogen-bond donors (Lipinski definition) is 2. The number of nitrogens with one attached hydrogen (secondary N) is 2. The molecule has 0 unspecified atom stereocenters. The molecule has 3 amide bonds. The van der Waals surface area contributed by atoms with Crippen LogP contribution in [0.4, 0.5) is 24.5 Å². The smallest absolute Gasteiger partial charge is 0.370 e. The lowest BCUT2D eigenvalue weighted by Crippen LogP contribution is -2.55. The van der Waals surface area contributed by atoms with Crippen molar-refractivity contribution in [3.63, 3.8) is 0 Å². The lowest BCUT2D eigenvalue weighted by atomic mass is 10.0. The number of rotatable bonds is 4. The Hall–Kier alpha value is -2.33. The molecular formula is C16H17ClF3N3O4. The van der Waals surface area contributed by atoms with Crippen LogP contribution in [0.2, 0.25) is 5.02 Å². The Bertz CT molecular complexity index is 768. The first-order valence-corrected chi connectivity index (χ1v) is 8.18. The molecule has 148 valence electrons. The van der Waals surface area contributed by atoms with Crippen LogP contribution >= 0.6 is 11.6 Å². The molecule has 0 aromatic heterocycles. The van der Waals surface area contributed by atoms with Crippen LogP contribution in [0.25, 0.3) is 0 Å². The maximum Gasteiger partial charge on any atom is 0.471 e. The van der Waals surface area contributed by atoms with E-state index in [9.17, 15) is 27.6 Å². The highest BCUT2D eigenvalue weighted by Crippen LogP contribution is 2.30. The third-order valence-corrected chi connectivity index (χ3v) is 4.04. The quantitative estimate of drug-likeness (QED) is 0.800. The minimum absolute atomic E-state index is 0.0676. The van der Waals surface area contributed by atoms with Gasteiger partial charge in [-0.25, -0.2) is 0 Å². The van der Waals surface area contributed by atoms with Crippen LogP contribution in [-0.2, 0) is 19.1 Å². The second-order valence-corrected chi connectivity index (χ2v) is 6.70. The first kappa shape index (κ1) is 21.0. The lowest BCUT2D eigenvalue weighted by Gasteiger charge is -2.28. The van der Waals surface area contributed by atoms with Crippen molar-refractivity contribution in [2.24, 2.45) is 0 Å². The monoisotopic (exact) mass is 407 g/mol. The molecule has 1 heterocycles. The van der Waals surface area contributed by atoms with Gasteiger partial charge in [-0.2, -0.15) is 13.2 Å². The van der Waals surface area contributed by atoms with Gasteiger partial charge in [-0.1, -0.05) is 11.6 Å². The van der Waals surface area contributed by atoms with Crippen molar-refractivity contribution < 1.29 is 32.3 Å². The summed E-state index contributed by atoms with van der Waals surface area (Å²) in [6.07, 6.45) is -5.10. The van der Waals surface area contributed by atoms with E-state index in [1.165, 1.54) is 23.1 Å². The van der Waals surface area contributed by atoms with Gasteiger partial charge in [0.15, 0.2) is 0 Å². The van der Waals surface area contributed by atoms with E-state index in [1.54, 1.807) is 5.32 Å². The van der Waals surface area contributed by atoms with E-state index in [4.69, 9.17) is 16.3 Å². The molecule has 2 N–H and O–H groups in total. The zero-order valence-electron chi connectivity index (χ0n) is 14.4. The molecule has 2 rings (SSSR count). The molecule has 0 spiro atoms. The fourth-order valence-corrected chi connectivity index (χ4v) is 2.56. The predicted octanol–water partition coefficient (Wildman–Crippen LogP) is 2.10. The maximum atomic E-state index is 12.4. The maximum absolute atomic E-state index is 12.4. The van der Waals surface area contributed by atoms with Gasteiger partial charge in [0.1, 0.15) is 12.1 Å². The lowest BCUT2D eigenvalue weighted by molar-refractivity contribution is -0.175.